The summed E-state index contributed by atoms with van der Waals surface area (Å²) in [6, 6.07) is 10.4. The SMILES string of the molecule is Cc1cc(F)ccc1NC(=O)Cc1csc(-c2cccc(F)c2)n1. The summed E-state index contributed by atoms with van der Waals surface area (Å²) in [6.45, 7) is 1.73. The average Bonchev–Trinajstić information content (AvgIpc) is 2.98. The van der Waals surface area contributed by atoms with E-state index in [2.05, 4.69) is 10.3 Å². The van der Waals surface area contributed by atoms with E-state index in [9.17, 15) is 13.6 Å². The highest BCUT2D eigenvalue weighted by molar-refractivity contribution is 7.13. The molecule has 0 saturated carbocycles. The Morgan fingerprint density at radius 3 is 2.71 bits per heavy atom. The van der Waals surface area contributed by atoms with E-state index in [4.69, 9.17) is 0 Å². The number of halogens is 2. The summed E-state index contributed by atoms with van der Waals surface area (Å²) in [4.78, 5) is 16.5. The maximum absolute atomic E-state index is 13.3. The first-order valence-electron chi connectivity index (χ1n) is 7.27. The second-order valence-corrected chi connectivity index (χ2v) is 6.20. The maximum atomic E-state index is 13.3. The molecule has 0 aliphatic rings. The van der Waals surface area contributed by atoms with Gasteiger partial charge >= 0.3 is 0 Å². The summed E-state index contributed by atoms with van der Waals surface area (Å²) >= 11 is 1.36. The zero-order valence-electron chi connectivity index (χ0n) is 12.8. The van der Waals surface area contributed by atoms with Crippen molar-refractivity contribution in [3.63, 3.8) is 0 Å². The normalized spacial score (nSPS) is 10.6. The molecule has 1 aromatic heterocycles. The van der Waals surface area contributed by atoms with Gasteiger partial charge in [-0.1, -0.05) is 12.1 Å². The molecule has 0 fully saturated rings. The van der Waals surface area contributed by atoms with Crippen LogP contribution in [0.25, 0.3) is 10.6 Å². The summed E-state index contributed by atoms with van der Waals surface area (Å²) in [7, 11) is 0. The van der Waals surface area contributed by atoms with E-state index >= 15 is 0 Å². The molecule has 1 N–H and O–H groups in total. The minimum atomic E-state index is -0.343. The van der Waals surface area contributed by atoms with Gasteiger partial charge in [0.2, 0.25) is 5.91 Å². The number of nitrogens with one attached hydrogen (secondary N) is 1. The fourth-order valence-corrected chi connectivity index (χ4v) is 3.09. The fourth-order valence-electron chi connectivity index (χ4n) is 2.27. The van der Waals surface area contributed by atoms with Gasteiger partial charge in [0, 0.05) is 16.6 Å². The van der Waals surface area contributed by atoms with Crippen molar-refractivity contribution in [2.45, 2.75) is 13.3 Å². The van der Waals surface area contributed by atoms with Gasteiger partial charge in [0.05, 0.1) is 12.1 Å². The average molecular weight is 344 g/mol. The van der Waals surface area contributed by atoms with Crippen LogP contribution in [0.4, 0.5) is 14.5 Å². The second kappa shape index (κ2) is 6.88. The summed E-state index contributed by atoms with van der Waals surface area (Å²) < 4.78 is 26.3. The number of nitrogens with zero attached hydrogens (tertiary/aromatic N) is 1. The molecule has 0 radical (unpaired) electrons. The molecule has 0 unspecified atom stereocenters. The molecule has 0 spiro atoms. The van der Waals surface area contributed by atoms with Crippen LogP contribution in [0, 0.1) is 18.6 Å². The summed E-state index contributed by atoms with van der Waals surface area (Å²) in [5, 5.41) is 5.18. The van der Waals surface area contributed by atoms with Crippen LogP contribution in [-0.2, 0) is 11.2 Å². The van der Waals surface area contributed by atoms with Crippen LogP contribution in [0.3, 0.4) is 0 Å². The number of hydrogen-bond acceptors (Lipinski definition) is 3. The van der Waals surface area contributed by atoms with E-state index in [0.29, 0.717) is 27.5 Å². The molecular weight excluding hydrogens is 330 g/mol. The molecule has 1 amide bonds. The minimum absolute atomic E-state index is 0.0998. The Morgan fingerprint density at radius 1 is 1.17 bits per heavy atom. The lowest BCUT2D eigenvalue weighted by atomic mass is 10.2. The van der Waals surface area contributed by atoms with Gasteiger partial charge in [-0.15, -0.1) is 11.3 Å². The maximum Gasteiger partial charge on any atom is 0.230 e. The smallest absolute Gasteiger partial charge is 0.230 e. The van der Waals surface area contributed by atoms with Gasteiger partial charge in [0.25, 0.3) is 0 Å². The van der Waals surface area contributed by atoms with E-state index in [0.717, 1.165) is 0 Å². The van der Waals surface area contributed by atoms with Crippen molar-refractivity contribution < 1.29 is 13.6 Å². The number of carbonyl (C=O) groups is 1. The topological polar surface area (TPSA) is 42.0 Å². The van der Waals surface area contributed by atoms with Crippen LogP contribution in [0.5, 0.6) is 0 Å². The summed E-state index contributed by atoms with van der Waals surface area (Å²) in [6.07, 6.45) is 0.0998. The van der Waals surface area contributed by atoms with E-state index in [1.165, 1.54) is 41.7 Å². The lowest BCUT2D eigenvalue weighted by Gasteiger charge is -2.07. The summed E-state index contributed by atoms with van der Waals surface area (Å²) in [5.74, 6) is -0.903. The molecule has 3 rings (SSSR count). The van der Waals surface area contributed by atoms with Gasteiger partial charge in [0.15, 0.2) is 0 Å². The number of rotatable bonds is 4. The fraction of sp³-hybridized carbons (Fsp3) is 0.111. The number of anilines is 1. The van der Waals surface area contributed by atoms with Crippen LogP contribution in [0.1, 0.15) is 11.3 Å². The van der Waals surface area contributed by atoms with Gasteiger partial charge in [-0.25, -0.2) is 13.8 Å². The molecule has 3 nitrogen and oxygen atoms in total. The van der Waals surface area contributed by atoms with Crippen LogP contribution in [-0.4, -0.2) is 10.9 Å². The standard InChI is InChI=1S/C18H14F2N2OS/c1-11-7-14(20)5-6-16(11)22-17(23)9-15-10-24-18(21-15)12-3-2-4-13(19)8-12/h2-8,10H,9H2,1H3,(H,22,23). The highest BCUT2D eigenvalue weighted by Crippen LogP contribution is 2.24. The molecular formula is C18H14F2N2OS. The lowest BCUT2D eigenvalue weighted by molar-refractivity contribution is -0.115. The Kier molecular flexibility index (Phi) is 4.66. The van der Waals surface area contributed by atoms with Gasteiger partial charge in [-0.05, 0) is 42.8 Å². The van der Waals surface area contributed by atoms with E-state index < -0.39 is 0 Å². The lowest BCUT2D eigenvalue weighted by Crippen LogP contribution is -2.15. The summed E-state index contributed by atoms with van der Waals surface area (Å²) in [5.41, 5.74) is 2.52. The van der Waals surface area contributed by atoms with E-state index in [-0.39, 0.29) is 24.0 Å². The zero-order valence-corrected chi connectivity index (χ0v) is 13.7. The number of hydrogen-bond donors (Lipinski definition) is 1. The molecule has 24 heavy (non-hydrogen) atoms. The first-order valence-corrected chi connectivity index (χ1v) is 8.15. The number of aromatic nitrogens is 1. The van der Waals surface area contributed by atoms with Crippen LogP contribution < -0.4 is 5.32 Å². The van der Waals surface area contributed by atoms with Gasteiger partial charge in [0.1, 0.15) is 16.6 Å². The van der Waals surface area contributed by atoms with Crippen molar-refractivity contribution in [2.24, 2.45) is 0 Å². The number of benzene rings is 2. The van der Waals surface area contributed by atoms with Crippen LogP contribution >= 0.6 is 11.3 Å². The van der Waals surface area contributed by atoms with Crippen molar-refractivity contribution in [3.8, 4) is 10.6 Å². The Labute approximate surface area is 142 Å². The van der Waals surface area contributed by atoms with Gasteiger partial charge in [-0.2, -0.15) is 0 Å². The second-order valence-electron chi connectivity index (χ2n) is 5.34. The van der Waals surface area contributed by atoms with Crippen molar-refractivity contribution >= 4 is 22.9 Å². The molecule has 3 aromatic rings. The molecule has 6 heteroatoms. The van der Waals surface area contributed by atoms with E-state index in [1.807, 2.05) is 0 Å². The highest BCUT2D eigenvalue weighted by atomic mass is 32.1. The zero-order chi connectivity index (χ0) is 17.1. The molecule has 2 aromatic carbocycles. The number of carbonyl (C=O) groups excluding carboxylic acids is 1. The van der Waals surface area contributed by atoms with Crippen molar-refractivity contribution in [1.82, 2.24) is 4.98 Å². The van der Waals surface area contributed by atoms with Crippen LogP contribution in [0.2, 0.25) is 0 Å². The van der Waals surface area contributed by atoms with Crippen molar-refractivity contribution in [2.75, 3.05) is 5.32 Å². The third-order valence-electron chi connectivity index (χ3n) is 3.43. The van der Waals surface area contributed by atoms with Crippen molar-refractivity contribution in [1.29, 1.82) is 0 Å². The monoisotopic (exact) mass is 344 g/mol. The Hall–Kier alpha value is -2.60. The number of amides is 1. The predicted octanol–water partition coefficient (Wildman–Crippen LogP) is 4.58. The first-order chi connectivity index (χ1) is 11.5. The van der Waals surface area contributed by atoms with Gasteiger partial charge in [-0.3, -0.25) is 4.79 Å². The third-order valence-corrected chi connectivity index (χ3v) is 4.37. The molecule has 0 aliphatic carbocycles. The third kappa shape index (κ3) is 3.83. The molecule has 122 valence electrons. The Balaban J connectivity index is 1.69. The number of thiazole rings is 1. The Bertz CT molecular complexity index is 892. The first kappa shape index (κ1) is 16.3. The van der Waals surface area contributed by atoms with Gasteiger partial charge < -0.3 is 5.32 Å². The Morgan fingerprint density at radius 2 is 1.96 bits per heavy atom. The van der Waals surface area contributed by atoms with Crippen LogP contribution in [0.15, 0.2) is 47.8 Å². The quantitative estimate of drug-likeness (QED) is 0.753. The number of aryl methyl sites for hydroxylation is 1. The predicted molar refractivity (Wildman–Crippen MR) is 91.0 cm³/mol. The van der Waals surface area contributed by atoms with Crippen molar-refractivity contribution in [3.05, 3.63) is 70.7 Å². The highest BCUT2D eigenvalue weighted by Gasteiger charge is 2.11. The molecule has 1 heterocycles. The molecule has 0 bridgehead atoms. The molecule has 0 aliphatic heterocycles. The largest absolute Gasteiger partial charge is 0.326 e. The minimum Gasteiger partial charge on any atom is -0.326 e. The van der Waals surface area contributed by atoms with E-state index in [1.54, 1.807) is 24.4 Å². The molecule has 0 atom stereocenters. The molecule has 0 saturated heterocycles.